The van der Waals surface area contributed by atoms with Gasteiger partial charge in [-0.2, -0.15) is 5.26 Å². The number of hydrogen-bond donors (Lipinski definition) is 0. The highest BCUT2D eigenvalue weighted by molar-refractivity contribution is 5.17. The maximum absolute atomic E-state index is 11.9. The van der Waals surface area contributed by atoms with E-state index in [2.05, 4.69) is 4.90 Å². The van der Waals surface area contributed by atoms with Gasteiger partial charge in [-0.15, -0.1) is 0 Å². The monoisotopic (exact) mass is 249 g/mol. The second-order valence-corrected chi connectivity index (χ2v) is 4.28. The Morgan fingerprint density at radius 3 is 2.94 bits per heavy atom. The molecule has 1 aromatic heterocycles. The lowest BCUT2D eigenvalue weighted by Crippen LogP contribution is -2.22. The van der Waals surface area contributed by atoms with Gasteiger partial charge in [-0.1, -0.05) is 0 Å². The average Bonchev–Trinajstić information content (AvgIpc) is 2.34. The molecule has 1 heterocycles. The lowest BCUT2D eigenvalue weighted by Gasteiger charge is -2.11. The molecule has 98 valence electrons. The first-order valence-electron chi connectivity index (χ1n) is 5.99. The molecule has 1 aromatic rings. The predicted molar refractivity (Wildman–Crippen MR) is 69.6 cm³/mol. The molecule has 0 saturated carbocycles. The van der Waals surface area contributed by atoms with E-state index >= 15 is 0 Å². The molecule has 0 N–H and O–H groups in total. The fourth-order valence-corrected chi connectivity index (χ4v) is 1.53. The maximum atomic E-state index is 11.9. The van der Waals surface area contributed by atoms with Gasteiger partial charge in [0.1, 0.15) is 0 Å². The highest BCUT2D eigenvalue weighted by atomic mass is 16.5. The van der Waals surface area contributed by atoms with Crippen molar-refractivity contribution in [1.82, 2.24) is 9.47 Å². The minimum Gasteiger partial charge on any atom is -0.488 e. The summed E-state index contributed by atoms with van der Waals surface area (Å²) in [4.78, 5) is 14.0. The first-order valence-corrected chi connectivity index (χ1v) is 5.99. The van der Waals surface area contributed by atoms with Crippen molar-refractivity contribution in [1.29, 1.82) is 5.26 Å². The first kappa shape index (κ1) is 14.3. The van der Waals surface area contributed by atoms with Gasteiger partial charge in [0.25, 0.3) is 5.56 Å². The standard InChI is InChI=1S/C13H19N3O2/c1-15(2)8-5-11-18-12-6-3-9-16(13(12)17)10-4-7-14/h3,6,9H,4-5,8,10-11H2,1-2H3. The van der Waals surface area contributed by atoms with E-state index in [4.69, 9.17) is 10.00 Å². The van der Waals surface area contributed by atoms with Crippen LogP contribution in [0.4, 0.5) is 0 Å². The first-order chi connectivity index (χ1) is 8.65. The van der Waals surface area contributed by atoms with Crippen LogP contribution in [0.1, 0.15) is 12.8 Å². The fourth-order valence-electron chi connectivity index (χ4n) is 1.53. The summed E-state index contributed by atoms with van der Waals surface area (Å²) < 4.78 is 6.97. The molecular weight excluding hydrogens is 230 g/mol. The van der Waals surface area contributed by atoms with E-state index in [9.17, 15) is 4.79 Å². The van der Waals surface area contributed by atoms with E-state index in [1.54, 1.807) is 18.3 Å². The molecule has 0 aliphatic rings. The Hall–Kier alpha value is -1.80. The van der Waals surface area contributed by atoms with E-state index in [0.717, 1.165) is 13.0 Å². The second kappa shape index (κ2) is 7.51. The van der Waals surface area contributed by atoms with Gasteiger partial charge in [0.15, 0.2) is 5.75 Å². The minimum atomic E-state index is -0.169. The number of aromatic nitrogens is 1. The van der Waals surface area contributed by atoms with E-state index < -0.39 is 0 Å². The second-order valence-electron chi connectivity index (χ2n) is 4.28. The minimum absolute atomic E-state index is 0.169. The van der Waals surface area contributed by atoms with Crippen molar-refractivity contribution < 1.29 is 4.74 Å². The third kappa shape index (κ3) is 4.60. The fraction of sp³-hybridized carbons (Fsp3) is 0.538. The molecule has 0 spiro atoms. The molecule has 0 amide bonds. The molecule has 18 heavy (non-hydrogen) atoms. The van der Waals surface area contributed by atoms with Gasteiger partial charge in [-0.05, 0) is 32.6 Å². The number of pyridine rings is 1. The number of aryl methyl sites for hydroxylation is 1. The Balaban J connectivity index is 2.56. The number of nitrogens with zero attached hydrogens (tertiary/aromatic N) is 3. The largest absolute Gasteiger partial charge is 0.488 e. The molecule has 0 unspecified atom stereocenters. The zero-order valence-electron chi connectivity index (χ0n) is 10.9. The summed E-state index contributed by atoms with van der Waals surface area (Å²) in [5, 5.41) is 8.51. The lowest BCUT2D eigenvalue weighted by atomic mass is 10.4. The molecule has 1 rings (SSSR count). The van der Waals surface area contributed by atoms with Gasteiger partial charge in [-0.25, -0.2) is 0 Å². The summed E-state index contributed by atoms with van der Waals surface area (Å²) in [6, 6.07) is 5.45. The third-order valence-corrected chi connectivity index (χ3v) is 2.46. The van der Waals surface area contributed by atoms with Crippen molar-refractivity contribution in [3.63, 3.8) is 0 Å². The number of ether oxygens (including phenoxy) is 1. The van der Waals surface area contributed by atoms with Crippen LogP contribution in [0.2, 0.25) is 0 Å². The van der Waals surface area contributed by atoms with Crippen LogP contribution in [0.25, 0.3) is 0 Å². The molecule has 0 aliphatic carbocycles. The average molecular weight is 249 g/mol. The molecular formula is C13H19N3O2. The smallest absolute Gasteiger partial charge is 0.292 e. The quantitative estimate of drug-likeness (QED) is 0.679. The molecule has 0 saturated heterocycles. The van der Waals surface area contributed by atoms with Crippen molar-refractivity contribution in [2.75, 3.05) is 27.2 Å². The van der Waals surface area contributed by atoms with Crippen LogP contribution in [-0.4, -0.2) is 36.7 Å². The van der Waals surface area contributed by atoms with Gasteiger partial charge in [0, 0.05) is 19.3 Å². The molecule has 0 aliphatic heterocycles. The van der Waals surface area contributed by atoms with E-state index in [0.29, 0.717) is 25.3 Å². The SMILES string of the molecule is CN(C)CCCOc1cccn(CCC#N)c1=O. The van der Waals surface area contributed by atoms with Crippen molar-refractivity contribution in [2.24, 2.45) is 0 Å². The van der Waals surface area contributed by atoms with Gasteiger partial charge in [0.05, 0.1) is 19.1 Å². The summed E-state index contributed by atoms with van der Waals surface area (Å²) in [5.41, 5.74) is -0.169. The molecule has 0 bridgehead atoms. The van der Waals surface area contributed by atoms with Gasteiger partial charge in [-0.3, -0.25) is 4.79 Å². The van der Waals surface area contributed by atoms with Gasteiger partial charge < -0.3 is 14.2 Å². The molecule has 0 fully saturated rings. The molecule has 0 atom stereocenters. The molecule has 0 aromatic carbocycles. The Bertz CT molecular complexity index is 460. The van der Waals surface area contributed by atoms with Gasteiger partial charge in [0.2, 0.25) is 0 Å². The van der Waals surface area contributed by atoms with Crippen molar-refractivity contribution in [3.05, 3.63) is 28.7 Å². The van der Waals surface area contributed by atoms with Crippen molar-refractivity contribution >= 4 is 0 Å². The van der Waals surface area contributed by atoms with Crippen LogP contribution in [0.3, 0.4) is 0 Å². The van der Waals surface area contributed by atoms with Crippen molar-refractivity contribution in [3.8, 4) is 11.8 Å². The zero-order chi connectivity index (χ0) is 13.4. The van der Waals surface area contributed by atoms with Gasteiger partial charge >= 0.3 is 0 Å². The molecule has 0 radical (unpaired) electrons. The van der Waals surface area contributed by atoms with E-state index in [-0.39, 0.29) is 5.56 Å². The van der Waals surface area contributed by atoms with Crippen LogP contribution < -0.4 is 10.3 Å². The highest BCUT2D eigenvalue weighted by Crippen LogP contribution is 2.03. The van der Waals surface area contributed by atoms with Crippen LogP contribution >= 0.6 is 0 Å². The number of hydrogen-bond acceptors (Lipinski definition) is 4. The van der Waals surface area contributed by atoms with E-state index in [1.807, 2.05) is 20.2 Å². The van der Waals surface area contributed by atoms with Crippen LogP contribution in [-0.2, 0) is 6.54 Å². The zero-order valence-corrected chi connectivity index (χ0v) is 10.9. The maximum Gasteiger partial charge on any atom is 0.292 e. The summed E-state index contributed by atoms with van der Waals surface area (Å²) in [5.74, 6) is 0.356. The Labute approximate surface area is 107 Å². The number of rotatable bonds is 7. The Morgan fingerprint density at radius 1 is 1.50 bits per heavy atom. The van der Waals surface area contributed by atoms with E-state index in [1.165, 1.54) is 4.57 Å². The van der Waals surface area contributed by atoms with Crippen molar-refractivity contribution in [2.45, 2.75) is 19.4 Å². The summed E-state index contributed by atoms with van der Waals surface area (Å²) >= 11 is 0. The Morgan fingerprint density at radius 2 is 2.28 bits per heavy atom. The van der Waals surface area contributed by atoms with Crippen LogP contribution in [0, 0.1) is 11.3 Å². The Kier molecular flexibility index (Phi) is 5.95. The summed E-state index contributed by atoms with van der Waals surface area (Å²) in [6.45, 7) is 1.86. The van der Waals surface area contributed by atoms with Crippen LogP contribution in [0.15, 0.2) is 23.1 Å². The van der Waals surface area contributed by atoms with Crippen LogP contribution in [0.5, 0.6) is 5.75 Å². The summed E-state index contributed by atoms with van der Waals surface area (Å²) in [6.07, 6.45) is 2.87. The summed E-state index contributed by atoms with van der Waals surface area (Å²) in [7, 11) is 3.99. The highest BCUT2D eigenvalue weighted by Gasteiger charge is 2.03. The number of nitriles is 1. The third-order valence-electron chi connectivity index (χ3n) is 2.46. The molecule has 5 nitrogen and oxygen atoms in total. The topological polar surface area (TPSA) is 58.3 Å². The lowest BCUT2D eigenvalue weighted by molar-refractivity contribution is 0.277. The molecule has 5 heteroatoms. The predicted octanol–water partition coefficient (Wildman–Crippen LogP) is 1.09. The normalized spacial score (nSPS) is 10.3.